The molecular weight excluding hydrogens is 546 g/mol. The molecule has 3 aromatic rings. The van der Waals surface area contributed by atoms with Gasteiger partial charge in [0.2, 0.25) is 0 Å². The Balaban J connectivity index is 2.02. The molecule has 0 spiro atoms. The monoisotopic (exact) mass is 575 g/mol. The minimum Gasteiger partial charge on any atom is -0.507 e. The van der Waals surface area contributed by atoms with E-state index in [-0.39, 0.29) is 59.3 Å². The van der Waals surface area contributed by atoms with Gasteiger partial charge in [-0.1, -0.05) is 29.8 Å². The standard InChI is InChI=1S/C28H30ClNO10/c1-16(40-28(34)18-11-20(29)23(32)13-22(18)31)10-19-25(39-15-36-3)21(12-24(26(19)37-4)38-14-35-2)30-27(33)17-8-6-5-7-9-17/h5-9,11-13,16,31-32H,10,14-15H2,1-4H3,(H,30,33). The van der Waals surface area contributed by atoms with E-state index in [1.54, 1.807) is 37.3 Å². The molecule has 1 amide bonds. The molecule has 0 bridgehead atoms. The average molecular weight is 576 g/mol. The number of phenols is 2. The number of phenolic OH excluding ortho intramolecular Hbond substituents is 2. The number of esters is 1. The highest BCUT2D eigenvalue weighted by molar-refractivity contribution is 6.32. The number of ether oxygens (including phenoxy) is 6. The van der Waals surface area contributed by atoms with Crippen molar-refractivity contribution in [2.24, 2.45) is 0 Å². The summed E-state index contributed by atoms with van der Waals surface area (Å²) < 4.78 is 32.9. The number of carbonyl (C=O) groups is 2. The number of carbonyl (C=O) groups excluding carboxylic acids is 2. The number of nitrogens with one attached hydrogen (secondary N) is 1. The van der Waals surface area contributed by atoms with Crippen molar-refractivity contribution >= 4 is 29.2 Å². The second kappa shape index (κ2) is 14.3. The highest BCUT2D eigenvalue weighted by atomic mass is 35.5. The zero-order valence-electron chi connectivity index (χ0n) is 22.4. The van der Waals surface area contributed by atoms with Crippen LogP contribution in [0.4, 0.5) is 5.69 Å². The van der Waals surface area contributed by atoms with Gasteiger partial charge < -0.3 is 44.0 Å². The third-order valence-corrected chi connectivity index (χ3v) is 5.82. The van der Waals surface area contributed by atoms with Gasteiger partial charge in [0.1, 0.15) is 23.2 Å². The van der Waals surface area contributed by atoms with Crippen LogP contribution in [-0.4, -0.2) is 63.1 Å². The van der Waals surface area contributed by atoms with Crippen LogP contribution in [0.1, 0.15) is 33.2 Å². The summed E-state index contributed by atoms with van der Waals surface area (Å²) in [4.78, 5) is 25.8. The van der Waals surface area contributed by atoms with E-state index in [0.29, 0.717) is 11.1 Å². The lowest BCUT2D eigenvalue weighted by molar-refractivity contribution is 0.0323. The lowest BCUT2D eigenvalue weighted by Crippen LogP contribution is -2.20. The van der Waals surface area contributed by atoms with Gasteiger partial charge in [0.25, 0.3) is 5.91 Å². The van der Waals surface area contributed by atoms with Gasteiger partial charge in [-0.25, -0.2) is 4.79 Å². The second-order valence-corrected chi connectivity index (χ2v) is 8.83. The highest BCUT2D eigenvalue weighted by Gasteiger charge is 2.27. The molecule has 0 radical (unpaired) electrons. The van der Waals surface area contributed by atoms with Crippen LogP contribution < -0.4 is 19.5 Å². The van der Waals surface area contributed by atoms with Crippen LogP contribution in [0.3, 0.4) is 0 Å². The fourth-order valence-corrected chi connectivity index (χ4v) is 3.93. The third-order valence-electron chi connectivity index (χ3n) is 5.52. The first kappa shape index (κ1) is 30.4. The molecule has 12 heteroatoms. The maximum Gasteiger partial charge on any atom is 0.342 e. The third kappa shape index (κ3) is 7.47. The summed E-state index contributed by atoms with van der Waals surface area (Å²) in [5.74, 6) is -1.49. The van der Waals surface area contributed by atoms with Crippen LogP contribution in [0, 0.1) is 0 Å². The van der Waals surface area contributed by atoms with Crippen molar-refractivity contribution in [2.45, 2.75) is 19.4 Å². The number of rotatable bonds is 13. The van der Waals surface area contributed by atoms with Gasteiger partial charge in [0.15, 0.2) is 30.8 Å². The van der Waals surface area contributed by atoms with E-state index in [1.807, 2.05) is 0 Å². The van der Waals surface area contributed by atoms with Gasteiger partial charge in [0.05, 0.1) is 17.8 Å². The molecule has 0 aromatic heterocycles. The van der Waals surface area contributed by atoms with E-state index < -0.39 is 23.7 Å². The molecule has 0 heterocycles. The zero-order valence-corrected chi connectivity index (χ0v) is 23.1. The lowest BCUT2D eigenvalue weighted by atomic mass is 10.0. The molecule has 214 valence electrons. The quantitative estimate of drug-likeness (QED) is 0.193. The first-order valence-electron chi connectivity index (χ1n) is 12.0. The van der Waals surface area contributed by atoms with Crippen molar-refractivity contribution in [3.63, 3.8) is 0 Å². The maximum absolute atomic E-state index is 13.0. The molecule has 1 unspecified atom stereocenters. The Morgan fingerprint density at radius 3 is 2.25 bits per heavy atom. The fourth-order valence-electron chi connectivity index (χ4n) is 3.76. The Morgan fingerprint density at radius 1 is 0.925 bits per heavy atom. The molecule has 0 aliphatic heterocycles. The smallest absolute Gasteiger partial charge is 0.342 e. The highest BCUT2D eigenvalue weighted by Crippen LogP contribution is 2.45. The van der Waals surface area contributed by atoms with Crippen LogP contribution in [0.2, 0.25) is 5.02 Å². The maximum atomic E-state index is 13.0. The van der Waals surface area contributed by atoms with E-state index in [0.717, 1.165) is 12.1 Å². The largest absolute Gasteiger partial charge is 0.507 e. The first-order chi connectivity index (χ1) is 19.2. The predicted molar refractivity (Wildman–Crippen MR) is 146 cm³/mol. The van der Waals surface area contributed by atoms with Gasteiger partial charge >= 0.3 is 5.97 Å². The molecule has 0 saturated carbocycles. The molecule has 0 saturated heterocycles. The van der Waals surface area contributed by atoms with Crippen molar-refractivity contribution in [1.29, 1.82) is 0 Å². The Labute approximate surface area is 236 Å². The molecule has 0 aliphatic carbocycles. The predicted octanol–water partition coefficient (Wildman–Crippen LogP) is 4.77. The van der Waals surface area contributed by atoms with Crippen molar-refractivity contribution in [3.05, 3.63) is 70.2 Å². The summed E-state index contributed by atoms with van der Waals surface area (Å²) in [6.07, 6.45) is -0.785. The Hall–Kier alpha value is -4.19. The number of hydrogen-bond acceptors (Lipinski definition) is 10. The van der Waals surface area contributed by atoms with E-state index in [1.165, 1.54) is 27.4 Å². The lowest BCUT2D eigenvalue weighted by Gasteiger charge is -2.23. The van der Waals surface area contributed by atoms with Gasteiger partial charge in [-0.3, -0.25) is 4.79 Å². The molecule has 3 aromatic carbocycles. The van der Waals surface area contributed by atoms with Crippen LogP contribution in [0.15, 0.2) is 48.5 Å². The molecule has 40 heavy (non-hydrogen) atoms. The minimum atomic E-state index is -0.880. The Morgan fingerprint density at radius 2 is 1.60 bits per heavy atom. The summed E-state index contributed by atoms with van der Waals surface area (Å²) in [5, 5.41) is 22.5. The number of amides is 1. The fraction of sp³-hybridized carbons (Fsp3) is 0.286. The van der Waals surface area contributed by atoms with Crippen molar-refractivity contribution < 1.29 is 48.2 Å². The number of anilines is 1. The topological polar surface area (TPSA) is 142 Å². The van der Waals surface area contributed by atoms with Crippen molar-refractivity contribution in [3.8, 4) is 28.7 Å². The molecule has 0 aliphatic rings. The zero-order chi connectivity index (χ0) is 29.2. The average Bonchev–Trinajstić information content (AvgIpc) is 2.93. The van der Waals surface area contributed by atoms with E-state index in [9.17, 15) is 19.8 Å². The molecule has 11 nitrogen and oxygen atoms in total. The van der Waals surface area contributed by atoms with Gasteiger partial charge in [-0.05, 0) is 25.1 Å². The molecular formula is C28H30ClNO10. The summed E-state index contributed by atoms with van der Waals surface area (Å²) in [7, 11) is 4.32. The normalized spacial score (nSPS) is 11.4. The summed E-state index contributed by atoms with van der Waals surface area (Å²) in [5.41, 5.74) is 0.816. The summed E-state index contributed by atoms with van der Waals surface area (Å²) >= 11 is 5.89. The SMILES string of the molecule is COCOc1cc(NC(=O)c2ccccc2)c(OCOC)c(CC(C)OC(=O)c2cc(Cl)c(O)cc2O)c1OC. The molecule has 3 N–H and O–H groups in total. The van der Waals surface area contributed by atoms with Crippen molar-refractivity contribution in [1.82, 2.24) is 0 Å². The van der Waals surface area contributed by atoms with Crippen LogP contribution in [-0.2, 0) is 20.6 Å². The minimum absolute atomic E-state index is 0.0267. The molecule has 0 fully saturated rings. The van der Waals surface area contributed by atoms with Crippen LogP contribution in [0.25, 0.3) is 0 Å². The van der Waals surface area contributed by atoms with Crippen LogP contribution in [0.5, 0.6) is 28.7 Å². The molecule has 1 atom stereocenters. The second-order valence-electron chi connectivity index (χ2n) is 8.43. The molecule has 3 rings (SSSR count). The van der Waals surface area contributed by atoms with E-state index >= 15 is 0 Å². The Bertz CT molecular complexity index is 1330. The van der Waals surface area contributed by atoms with Gasteiger partial charge in [0, 0.05) is 43.9 Å². The number of methoxy groups -OCH3 is 3. The first-order valence-corrected chi connectivity index (χ1v) is 12.3. The van der Waals surface area contributed by atoms with E-state index in [2.05, 4.69) is 5.32 Å². The van der Waals surface area contributed by atoms with E-state index in [4.69, 9.17) is 40.0 Å². The van der Waals surface area contributed by atoms with Crippen LogP contribution >= 0.6 is 11.6 Å². The van der Waals surface area contributed by atoms with Crippen molar-refractivity contribution in [2.75, 3.05) is 40.2 Å². The number of aromatic hydroxyl groups is 2. The summed E-state index contributed by atoms with van der Waals surface area (Å²) in [6.45, 7) is 1.32. The number of hydrogen-bond donors (Lipinski definition) is 3. The number of benzene rings is 3. The Kier molecular flexibility index (Phi) is 10.8. The summed E-state index contributed by atoms with van der Waals surface area (Å²) in [6, 6.07) is 12.2. The van der Waals surface area contributed by atoms with Gasteiger partial charge in [-0.2, -0.15) is 0 Å². The number of halogens is 1. The van der Waals surface area contributed by atoms with Gasteiger partial charge in [-0.15, -0.1) is 0 Å².